The molecule has 2 aromatic heterocycles. The van der Waals surface area contributed by atoms with Crippen LogP contribution in [0, 0.1) is 0 Å². The van der Waals surface area contributed by atoms with Crippen LogP contribution < -0.4 is 0 Å². The molecule has 0 aliphatic carbocycles. The lowest BCUT2D eigenvalue weighted by atomic mass is 10.2. The first-order valence-electron chi connectivity index (χ1n) is 8.64. The zero-order chi connectivity index (χ0) is 17.1. The Hall–Kier alpha value is -1.99. The molecule has 0 atom stereocenters. The second kappa shape index (κ2) is 7.27. The zero-order valence-electron chi connectivity index (χ0n) is 14.8. The lowest BCUT2D eigenvalue weighted by Crippen LogP contribution is -2.47. The highest BCUT2D eigenvalue weighted by Crippen LogP contribution is 2.14. The zero-order valence-corrected chi connectivity index (χ0v) is 14.8. The number of aromatic nitrogens is 3. The van der Waals surface area contributed by atoms with Gasteiger partial charge in [-0.05, 0) is 20.1 Å². The van der Waals surface area contributed by atoms with Crippen molar-refractivity contribution >= 4 is 11.6 Å². The molecule has 2 aromatic rings. The summed E-state index contributed by atoms with van der Waals surface area (Å²) in [6.45, 7) is 10.5. The van der Waals surface area contributed by atoms with Crippen molar-refractivity contribution in [3.8, 4) is 0 Å². The molecule has 7 nitrogen and oxygen atoms in total. The van der Waals surface area contributed by atoms with Gasteiger partial charge in [-0.1, -0.05) is 13.8 Å². The van der Waals surface area contributed by atoms with E-state index in [2.05, 4.69) is 40.8 Å². The van der Waals surface area contributed by atoms with Gasteiger partial charge in [-0.25, -0.2) is 9.50 Å². The number of piperazine rings is 1. The molecule has 1 fully saturated rings. The third-order valence-corrected chi connectivity index (χ3v) is 4.73. The van der Waals surface area contributed by atoms with Crippen LogP contribution in [0.4, 0.5) is 0 Å². The molecular formula is C17H26N6O. The van der Waals surface area contributed by atoms with Gasteiger partial charge in [0, 0.05) is 50.7 Å². The molecule has 1 amide bonds. The third-order valence-electron chi connectivity index (χ3n) is 4.73. The largest absolute Gasteiger partial charge is 0.336 e. The molecule has 3 heterocycles. The Bertz CT molecular complexity index is 700. The number of nitrogens with zero attached hydrogens (tertiary/aromatic N) is 6. The average molecular weight is 330 g/mol. The van der Waals surface area contributed by atoms with Gasteiger partial charge in [-0.3, -0.25) is 9.69 Å². The van der Waals surface area contributed by atoms with Crippen LogP contribution in [0.3, 0.4) is 0 Å². The molecule has 0 radical (unpaired) electrons. The first-order chi connectivity index (χ1) is 11.6. The van der Waals surface area contributed by atoms with Crippen LogP contribution in [-0.2, 0) is 6.54 Å². The van der Waals surface area contributed by atoms with Crippen molar-refractivity contribution in [3.05, 3.63) is 29.7 Å². The van der Waals surface area contributed by atoms with Crippen molar-refractivity contribution in [2.75, 3.05) is 46.3 Å². The summed E-state index contributed by atoms with van der Waals surface area (Å²) in [7, 11) is 2.08. The van der Waals surface area contributed by atoms with Crippen LogP contribution in [0.15, 0.2) is 18.6 Å². The molecule has 7 heteroatoms. The number of fused-ring (bicyclic) bond motifs is 1. The second-order valence-electron chi connectivity index (χ2n) is 6.35. The Balaban J connectivity index is 1.79. The maximum Gasteiger partial charge on any atom is 0.259 e. The molecule has 0 bridgehead atoms. The summed E-state index contributed by atoms with van der Waals surface area (Å²) in [5, 5.41) is 4.35. The van der Waals surface area contributed by atoms with E-state index < -0.39 is 0 Å². The smallest absolute Gasteiger partial charge is 0.259 e. The highest BCUT2D eigenvalue weighted by atomic mass is 16.2. The normalized spacial score (nSPS) is 16.2. The quantitative estimate of drug-likeness (QED) is 0.817. The van der Waals surface area contributed by atoms with Crippen molar-refractivity contribution in [2.45, 2.75) is 20.4 Å². The SMILES string of the molecule is CCN(CC)Cc1cnc2c(C(=O)N3CCN(C)CC3)cnn2c1. The first kappa shape index (κ1) is 16.9. The van der Waals surface area contributed by atoms with E-state index in [0.29, 0.717) is 11.2 Å². The summed E-state index contributed by atoms with van der Waals surface area (Å²) >= 11 is 0. The summed E-state index contributed by atoms with van der Waals surface area (Å²) in [6.07, 6.45) is 5.47. The summed E-state index contributed by atoms with van der Waals surface area (Å²) in [6, 6.07) is 0. The Morgan fingerprint density at radius 2 is 1.88 bits per heavy atom. The molecule has 0 aromatic carbocycles. The highest BCUT2D eigenvalue weighted by molar-refractivity contribution is 5.99. The molecule has 0 saturated carbocycles. The molecule has 130 valence electrons. The number of likely N-dealkylation sites (N-methyl/N-ethyl adjacent to an activating group) is 1. The lowest BCUT2D eigenvalue weighted by Gasteiger charge is -2.32. The van der Waals surface area contributed by atoms with Crippen molar-refractivity contribution < 1.29 is 4.79 Å². The van der Waals surface area contributed by atoms with E-state index in [1.165, 1.54) is 0 Å². The molecule has 0 spiro atoms. The predicted molar refractivity (Wildman–Crippen MR) is 93.0 cm³/mol. The van der Waals surface area contributed by atoms with Gasteiger partial charge in [0.05, 0.1) is 6.20 Å². The standard InChI is InChI=1S/C17H26N6O/c1-4-21(5-2)12-14-10-18-16-15(11-19-23(16)13-14)17(24)22-8-6-20(3)7-9-22/h10-11,13H,4-9,12H2,1-3H3. The van der Waals surface area contributed by atoms with Crippen molar-refractivity contribution in [2.24, 2.45) is 0 Å². The van der Waals surface area contributed by atoms with Crippen LogP contribution in [0.1, 0.15) is 29.8 Å². The summed E-state index contributed by atoms with van der Waals surface area (Å²) in [5.74, 6) is 0.0297. The number of carbonyl (C=O) groups excluding carboxylic acids is 1. The number of amides is 1. The third kappa shape index (κ3) is 3.42. The minimum absolute atomic E-state index is 0.0297. The van der Waals surface area contributed by atoms with E-state index in [0.717, 1.165) is 51.4 Å². The summed E-state index contributed by atoms with van der Waals surface area (Å²) in [5.41, 5.74) is 2.34. The Kier molecular flexibility index (Phi) is 5.11. The minimum Gasteiger partial charge on any atom is -0.336 e. The fraction of sp³-hybridized carbons (Fsp3) is 0.588. The van der Waals surface area contributed by atoms with E-state index in [1.807, 2.05) is 17.3 Å². The molecule has 1 aliphatic heterocycles. The van der Waals surface area contributed by atoms with Gasteiger partial charge < -0.3 is 9.80 Å². The Morgan fingerprint density at radius 3 is 2.54 bits per heavy atom. The minimum atomic E-state index is 0.0297. The Morgan fingerprint density at radius 1 is 1.17 bits per heavy atom. The van der Waals surface area contributed by atoms with Crippen molar-refractivity contribution in [1.82, 2.24) is 29.3 Å². The molecule has 1 saturated heterocycles. The van der Waals surface area contributed by atoms with Crippen LogP contribution in [-0.4, -0.2) is 81.5 Å². The number of hydrogen-bond donors (Lipinski definition) is 0. The van der Waals surface area contributed by atoms with Gasteiger partial charge in [-0.15, -0.1) is 0 Å². The van der Waals surface area contributed by atoms with E-state index >= 15 is 0 Å². The molecule has 0 unspecified atom stereocenters. The highest BCUT2D eigenvalue weighted by Gasteiger charge is 2.23. The van der Waals surface area contributed by atoms with Crippen LogP contribution in [0.5, 0.6) is 0 Å². The predicted octanol–water partition coefficient (Wildman–Crippen LogP) is 0.959. The van der Waals surface area contributed by atoms with Gasteiger partial charge in [0.1, 0.15) is 5.56 Å². The van der Waals surface area contributed by atoms with Crippen LogP contribution >= 0.6 is 0 Å². The monoisotopic (exact) mass is 330 g/mol. The Labute approximate surface area is 142 Å². The van der Waals surface area contributed by atoms with Gasteiger partial charge >= 0.3 is 0 Å². The van der Waals surface area contributed by atoms with Gasteiger partial charge in [0.2, 0.25) is 0 Å². The molecule has 1 aliphatic rings. The van der Waals surface area contributed by atoms with Crippen LogP contribution in [0.2, 0.25) is 0 Å². The van der Waals surface area contributed by atoms with E-state index in [-0.39, 0.29) is 5.91 Å². The maximum absolute atomic E-state index is 12.7. The molecule has 24 heavy (non-hydrogen) atoms. The molecule has 0 N–H and O–H groups in total. The summed E-state index contributed by atoms with van der Waals surface area (Å²) < 4.78 is 1.72. The van der Waals surface area contributed by atoms with Crippen molar-refractivity contribution in [1.29, 1.82) is 0 Å². The number of hydrogen-bond acceptors (Lipinski definition) is 5. The number of rotatable bonds is 5. The van der Waals surface area contributed by atoms with Gasteiger partial charge in [0.25, 0.3) is 5.91 Å². The van der Waals surface area contributed by atoms with Gasteiger partial charge in [0.15, 0.2) is 5.65 Å². The van der Waals surface area contributed by atoms with Gasteiger partial charge in [-0.2, -0.15) is 5.10 Å². The molecular weight excluding hydrogens is 304 g/mol. The van der Waals surface area contributed by atoms with E-state index in [4.69, 9.17) is 0 Å². The average Bonchev–Trinajstić information content (AvgIpc) is 3.02. The fourth-order valence-electron chi connectivity index (χ4n) is 3.03. The molecule has 3 rings (SSSR count). The number of carbonyl (C=O) groups is 1. The van der Waals surface area contributed by atoms with Crippen molar-refractivity contribution in [3.63, 3.8) is 0 Å². The first-order valence-corrected chi connectivity index (χ1v) is 8.64. The van der Waals surface area contributed by atoms with E-state index in [1.54, 1.807) is 10.7 Å². The fourth-order valence-corrected chi connectivity index (χ4v) is 3.03. The van der Waals surface area contributed by atoms with E-state index in [9.17, 15) is 4.79 Å². The summed E-state index contributed by atoms with van der Waals surface area (Å²) in [4.78, 5) is 23.7. The van der Waals surface area contributed by atoms with Crippen LogP contribution in [0.25, 0.3) is 5.65 Å². The maximum atomic E-state index is 12.7. The lowest BCUT2D eigenvalue weighted by molar-refractivity contribution is 0.0666. The topological polar surface area (TPSA) is 57.0 Å². The second-order valence-corrected chi connectivity index (χ2v) is 6.35.